The molecule has 0 saturated carbocycles. The molecular weight excluding hydrogens is 319 g/mol. The molecule has 3 rings (SSSR count). The molecule has 2 aromatic rings. The standard InChI is InChI=1S/C12H11ClN2O2Se/c1-12(2)11-10(14-15-18-11)6-4-9(16-3)7(13)5-8(6)17-12/h4-5H,1-3H3. The molecule has 18 heavy (non-hydrogen) atoms. The van der Waals surface area contributed by atoms with Crippen LogP contribution in [0.5, 0.6) is 11.5 Å². The molecule has 0 unspecified atom stereocenters. The van der Waals surface area contributed by atoms with Crippen molar-refractivity contribution in [3.63, 3.8) is 0 Å². The van der Waals surface area contributed by atoms with E-state index in [0.29, 0.717) is 10.8 Å². The SMILES string of the molecule is COc1cc2c(cc1Cl)OC(C)(C)c1[se]nnc1-2. The Kier molecular flexibility index (Phi) is 2.66. The first-order chi connectivity index (χ1) is 8.53. The van der Waals surface area contributed by atoms with Crippen molar-refractivity contribution in [3.05, 3.63) is 21.6 Å². The Hall–Kier alpha value is -1.03. The van der Waals surface area contributed by atoms with Crippen LogP contribution in [0.2, 0.25) is 5.02 Å². The van der Waals surface area contributed by atoms with Gasteiger partial charge in [-0.25, -0.2) is 0 Å². The van der Waals surface area contributed by atoms with Gasteiger partial charge in [0.05, 0.1) is 0 Å². The third kappa shape index (κ3) is 1.66. The maximum atomic E-state index is 6.13. The minimum atomic E-state index is -0.371. The molecule has 0 N–H and O–H groups in total. The number of halogens is 1. The fourth-order valence-corrected chi connectivity index (χ4v) is 3.75. The van der Waals surface area contributed by atoms with Gasteiger partial charge in [-0.2, -0.15) is 0 Å². The third-order valence-electron chi connectivity index (χ3n) is 2.91. The molecular formula is C12H11ClN2O2Se. The van der Waals surface area contributed by atoms with Crippen molar-refractivity contribution in [2.45, 2.75) is 19.4 Å². The molecule has 0 fully saturated rings. The molecule has 94 valence electrons. The van der Waals surface area contributed by atoms with Crippen LogP contribution in [0.1, 0.15) is 18.3 Å². The van der Waals surface area contributed by atoms with Crippen molar-refractivity contribution in [1.29, 1.82) is 0 Å². The number of fused-ring (bicyclic) bond motifs is 3. The van der Waals surface area contributed by atoms with Gasteiger partial charge in [-0.1, -0.05) is 0 Å². The van der Waals surface area contributed by atoms with Crippen LogP contribution in [-0.4, -0.2) is 31.0 Å². The molecule has 0 radical (unpaired) electrons. The summed E-state index contributed by atoms with van der Waals surface area (Å²) in [4.78, 5) is 0. The number of rotatable bonds is 1. The topological polar surface area (TPSA) is 44.2 Å². The van der Waals surface area contributed by atoms with Crippen LogP contribution in [0.4, 0.5) is 0 Å². The van der Waals surface area contributed by atoms with E-state index in [9.17, 15) is 0 Å². The Morgan fingerprint density at radius 3 is 2.89 bits per heavy atom. The van der Waals surface area contributed by atoms with Gasteiger partial charge in [-0.3, -0.25) is 0 Å². The predicted molar refractivity (Wildman–Crippen MR) is 69.6 cm³/mol. The molecule has 0 spiro atoms. The molecule has 1 aliphatic heterocycles. The van der Waals surface area contributed by atoms with Crippen LogP contribution in [0.3, 0.4) is 0 Å². The average Bonchev–Trinajstić information content (AvgIpc) is 2.78. The molecule has 0 amide bonds. The van der Waals surface area contributed by atoms with Crippen molar-refractivity contribution in [2.75, 3.05) is 7.11 Å². The van der Waals surface area contributed by atoms with Gasteiger partial charge in [0.15, 0.2) is 0 Å². The van der Waals surface area contributed by atoms with E-state index in [0.717, 1.165) is 21.4 Å². The first kappa shape index (κ1) is 12.0. The molecule has 1 aliphatic rings. The Morgan fingerprint density at radius 2 is 2.17 bits per heavy atom. The number of aromatic nitrogens is 2. The number of benzene rings is 1. The zero-order valence-corrected chi connectivity index (χ0v) is 12.6. The Balaban J connectivity index is 2.27. The van der Waals surface area contributed by atoms with Crippen LogP contribution >= 0.6 is 11.6 Å². The van der Waals surface area contributed by atoms with Crippen molar-refractivity contribution in [1.82, 2.24) is 9.19 Å². The second-order valence-corrected chi connectivity index (χ2v) is 6.54. The van der Waals surface area contributed by atoms with Gasteiger partial charge in [0.2, 0.25) is 0 Å². The molecule has 0 bridgehead atoms. The fraction of sp³-hybridized carbons (Fsp3) is 0.333. The van der Waals surface area contributed by atoms with Gasteiger partial charge in [0, 0.05) is 0 Å². The third-order valence-corrected chi connectivity index (χ3v) is 5.37. The van der Waals surface area contributed by atoms with E-state index in [1.54, 1.807) is 13.2 Å². The average molecular weight is 330 g/mol. The van der Waals surface area contributed by atoms with E-state index in [2.05, 4.69) is 9.19 Å². The van der Waals surface area contributed by atoms with Gasteiger partial charge in [-0.05, 0) is 0 Å². The normalized spacial score (nSPS) is 15.6. The number of hydrogen-bond donors (Lipinski definition) is 0. The van der Waals surface area contributed by atoms with Crippen molar-refractivity contribution in [3.8, 4) is 22.8 Å². The summed E-state index contributed by atoms with van der Waals surface area (Å²) < 4.78 is 16.6. The predicted octanol–water partition coefficient (Wildman–Crippen LogP) is 2.49. The molecule has 1 aromatic heterocycles. The van der Waals surface area contributed by atoms with Gasteiger partial charge in [0.1, 0.15) is 0 Å². The van der Waals surface area contributed by atoms with E-state index in [-0.39, 0.29) is 20.3 Å². The van der Waals surface area contributed by atoms with Crippen LogP contribution in [0, 0.1) is 0 Å². The Morgan fingerprint density at radius 1 is 1.39 bits per heavy atom. The van der Waals surface area contributed by atoms with Crippen LogP contribution in [-0.2, 0) is 5.60 Å². The van der Waals surface area contributed by atoms with E-state index < -0.39 is 0 Å². The van der Waals surface area contributed by atoms with Gasteiger partial charge < -0.3 is 0 Å². The second kappa shape index (κ2) is 3.98. The Labute approximate surface area is 116 Å². The molecule has 6 heteroatoms. The molecule has 4 nitrogen and oxygen atoms in total. The van der Waals surface area contributed by atoms with Crippen LogP contribution < -0.4 is 9.47 Å². The first-order valence-corrected chi connectivity index (χ1v) is 7.43. The molecule has 0 atom stereocenters. The van der Waals surface area contributed by atoms with Crippen molar-refractivity contribution >= 4 is 26.3 Å². The summed E-state index contributed by atoms with van der Waals surface area (Å²) in [5, 5.41) is 4.79. The summed E-state index contributed by atoms with van der Waals surface area (Å²) in [6.07, 6.45) is 0. The monoisotopic (exact) mass is 330 g/mol. The summed E-state index contributed by atoms with van der Waals surface area (Å²) in [5.74, 6) is 1.36. The van der Waals surface area contributed by atoms with Crippen molar-refractivity contribution in [2.24, 2.45) is 0 Å². The fourth-order valence-electron chi connectivity index (χ4n) is 2.04. The van der Waals surface area contributed by atoms with Gasteiger partial charge in [0.25, 0.3) is 0 Å². The van der Waals surface area contributed by atoms with Crippen LogP contribution in [0.15, 0.2) is 12.1 Å². The quantitative estimate of drug-likeness (QED) is 0.754. The minimum absolute atomic E-state index is 0.0173. The zero-order valence-electron chi connectivity index (χ0n) is 10.2. The summed E-state index contributed by atoms with van der Waals surface area (Å²) in [7, 11) is 1.59. The summed E-state index contributed by atoms with van der Waals surface area (Å²) in [6.45, 7) is 4.06. The summed E-state index contributed by atoms with van der Waals surface area (Å²) >= 11 is 6.14. The van der Waals surface area contributed by atoms with Crippen molar-refractivity contribution < 1.29 is 9.47 Å². The molecule has 2 heterocycles. The van der Waals surface area contributed by atoms with E-state index in [1.807, 2.05) is 19.9 Å². The summed E-state index contributed by atoms with van der Waals surface area (Å²) in [5.41, 5.74) is 1.45. The van der Waals surface area contributed by atoms with E-state index in [4.69, 9.17) is 21.1 Å². The molecule has 0 aliphatic carbocycles. The molecule has 1 aromatic carbocycles. The van der Waals surface area contributed by atoms with Gasteiger partial charge >= 0.3 is 116 Å². The Bertz CT molecular complexity index is 625. The van der Waals surface area contributed by atoms with E-state index in [1.165, 1.54) is 0 Å². The van der Waals surface area contributed by atoms with Crippen LogP contribution in [0.25, 0.3) is 11.3 Å². The zero-order chi connectivity index (χ0) is 12.9. The molecule has 0 saturated heterocycles. The number of ether oxygens (including phenoxy) is 2. The van der Waals surface area contributed by atoms with E-state index >= 15 is 0 Å². The first-order valence-electron chi connectivity index (χ1n) is 5.42. The second-order valence-electron chi connectivity index (χ2n) is 4.55. The number of methoxy groups -OCH3 is 1. The maximum absolute atomic E-state index is 6.13. The summed E-state index contributed by atoms with van der Waals surface area (Å²) in [6, 6.07) is 3.64. The number of hydrogen-bond acceptors (Lipinski definition) is 4. The number of nitrogens with zero attached hydrogens (tertiary/aromatic N) is 2. The van der Waals surface area contributed by atoms with Gasteiger partial charge in [-0.15, -0.1) is 0 Å².